The van der Waals surface area contributed by atoms with E-state index in [0.717, 1.165) is 50.3 Å². The van der Waals surface area contributed by atoms with Gasteiger partial charge in [0.1, 0.15) is 5.82 Å². The lowest BCUT2D eigenvalue weighted by molar-refractivity contribution is -0.138. The SMILES string of the molecule is CN=C(NCc1cn2c(n1)CCCC2)NCC1(C(=O)N(C)C)CCCC1.I. The standard InChI is InChI=1S/C19H32N6O.HI/c1-20-18(21-12-15-13-25-11-7-4-8-16(25)23-15)22-14-19(9-5-6-10-19)17(26)24(2)3;/h13H,4-12,14H2,1-3H3,(H2,20,21,22);1H. The summed E-state index contributed by atoms with van der Waals surface area (Å²) >= 11 is 0. The van der Waals surface area contributed by atoms with Crippen molar-refractivity contribution in [3.8, 4) is 0 Å². The first kappa shape index (κ1) is 22.0. The molecule has 0 radical (unpaired) electrons. The van der Waals surface area contributed by atoms with Crippen molar-refractivity contribution >= 4 is 35.8 Å². The number of carbonyl (C=O) groups excluding carboxylic acids is 1. The van der Waals surface area contributed by atoms with Gasteiger partial charge in [-0.05, 0) is 25.7 Å². The van der Waals surface area contributed by atoms with Gasteiger partial charge >= 0.3 is 0 Å². The fourth-order valence-electron chi connectivity index (χ4n) is 4.20. The molecular weight excluding hydrogens is 455 g/mol. The zero-order valence-corrected chi connectivity index (χ0v) is 19.1. The Balaban J connectivity index is 0.00000261. The number of aromatic nitrogens is 2. The fourth-order valence-corrected chi connectivity index (χ4v) is 4.20. The number of amides is 1. The van der Waals surface area contributed by atoms with Crippen LogP contribution in [0.25, 0.3) is 0 Å². The van der Waals surface area contributed by atoms with Gasteiger partial charge in [0.25, 0.3) is 0 Å². The van der Waals surface area contributed by atoms with Gasteiger partial charge < -0.3 is 20.1 Å². The summed E-state index contributed by atoms with van der Waals surface area (Å²) in [5, 5.41) is 6.72. The Morgan fingerprint density at radius 2 is 2.00 bits per heavy atom. The third-order valence-corrected chi connectivity index (χ3v) is 5.63. The molecule has 7 nitrogen and oxygen atoms in total. The third kappa shape index (κ3) is 5.14. The van der Waals surface area contributed by atoms with Crippen molar-refractivity contribution in [2.45, 2.75) is 58.0 Å². The van der Waals surface area contributed by atoms with Crippen molar-refractivity contribution < 1.29 is 4.79 Å². The highest BCUT2D eigenvalue weighted by Crippen LogP contribution is 2.38. The molecule has 8 heteroatoms. The van der Waals surface area contributed by atoms with Crippen LogP contribution in [0, 0.1) is 5.41 Å². The van der Waals surface area contributed by atoms with Crippen molar-refractivity contribution in [3.63, 3.8) is 0 Å². The molecule has 2 aliphatic rings. The summed E-state index contributed by atoms with van der Waals surface area (Å²) in [4.78, 5) is 23.4. The van der Waals surface area contributed by atoms with Crippen molar-refractivity contribution in [2.75, 3.05) is 27.7 Å². The molecule has 0 bridgehead atoms. The zero-order chi connectivity index (χ0) is 18.6. The topological polar surface area (TPSA) is 74.5 Å². The van der Waals surface area contributed by atoms with Crippen LogP contribution in [0.15, 0.2) is 11.2 Å². The van der Waals surface area contributed by atoms with E-state index in [2.05, 4.69) is 26.4 Å². The Bertz CT molecular complexity index is 640. The number of rotatable bonds is 5. The summed E-state index contributed by atoms with van der Waals surface area (Å²) in [6.45, 7) is 2.35. The van der Waals surface area contributed by atoms with Crippen molar-refractivity contribution in [2.24, 2.45) is 10.4 Å². The first-order valence-electron chi connectivity index (χ1n) is 9.75. The Kier molecular flexibility index (Phi) is 7.93. The lowest BCUT2D eigenvalue weighted by Crippen LogP contribution is -2.49. The Hall–Kier alpha value is -1.32. The van der Waals surface area contributed by atoms with Gasteiger partial charge in [-0.1, -0.05) is 12.8 Å². The Morgan fingerprint density at radius 1 is 1.26 bits per heavy atom. The van der Waals surface area contributed by atoms with E-state index >= 15 is 0 Å². The first-order valence-corrected chi connectivity index (χ1v) is 9.75. The predicted molar refractivity (Wildman–Crippen MR) is 118 cm³/mol. The molecule has 1 saturated carbocycles. The number of carbonyl (C=O) groups is 1. The number of nitrogens with one attached hydrogen (secondary N) is 2. The molecule has 1 fully saturated rings. The molecule has 27 heavy (non-hydrogen) atoms. The number of guanidine groups is 1. The average molecular weight is 488 g/mol. The van der Waals surface area contributed by atoms with E-state index < -0.39 is 0 Å². The van der Waals surface area contributed by atoms with E-state index in [1.807, 2.05) is 14.1 Å². The van der Waals surface area contributed by atoms with Gasteiger partial charge in [0.2, 0.25) is 5.91 Å². The maximum atomic E-state index is 12.7. The number of halogens is 1. The minimum atomic E-state index is -0.297. The van der Waals surface area contributed by atoms with Crippen LogP contribution in [-0.2, 0) is 24.3 Å². The summed E-state index contributed by atoms with van der Waals surface area (Å²) in [6, 6.07) is 0. The predicted octanol–water partition coefficient (Wildman–Crippen LogP) is 2.15. The molecule has 0 atom stereocenters. The lowest BCUT2D eigenvalue weighted by atomic mass is 9.84. The second kappa shape index (κ2) is 9.75. The van der Waals surface area contributed by atoms with E-state index in [4.69, 9.17) is 4.98 Å². The maximum absolute atomic E-state index is 12.7. The summed E-state index contributed by atoms with van der Waals surface area (Å²) in [6.07, 6.45) is 9.81. The van der Waals surface area contributed by atoms with Crippen LogP contribution in [0.1, 0.15) is 50.0 Å². The van der Waals surface area contributed by atoms with Crippen LogP contribution in [0.2, 0.25) is 0 Å². The molecule has 152 valence electrons. The molecule has 1 aromatic heterocycles. The van der Waals surface area contributed by atoms with Gasteiger partial charge in [-0.25, -0.2) is 4.98 Å². The van der Waals surface area contributed by atoms with Crippen molar-refractivity contribution in [1.29, 1.82) is 0 Å². The normalized spacial score (nSPS) is 18.4. The number of aliphatic imine (C=N–C) groups is 1. The summed E-state index contributed by atoms with van der Waals surface area (Å²) in [7, 11) is 5.45. The van der Waals surface area contributed by atoms with E-state index in [0.29, 0.717) is 13.1 Å². The molecule has 1 aromatic rings. The van der Waals surface area contributed by atoms with Gasteiger partial charge in [0, 0.05) is 46.9 Å². The Labute approximate surface area is 179 Å². The summed E-state index contributed by atoms with van der Waals surface area (Å²) in [5.74, 6) is 2.14. The van der Waals surface area contributed by atoms with Crippen LogP contribution in [-0.4, -0.2) is 54.0 Å². The van der Waals surface area contributed by atoms with Crippen LogP contribution < -0.4 is 10.6 Å². The molecule has 0 unspecified atom stereocenters. The molecule has 3 rings (SSSR count). The molecule has 0 aromatic carbocycles. The van der Waals surface area contributed by atoms with E-state index in [1.165, 1.54) is 18.7 Å². The molecule has 0 spiro atoms. The highest BCUT2D eigenvalue weighted by Gasteiger charge is 2.42. The summed E-state index contributed by atoms with van der Waals surface area (Å²) < 4.78 is 2.26. The molecule has 1 amide bonds. The number of hydrogen-bond acceptors (Lipinski definition) is 3. The lowest BCUT2D eigenvalue weighted by Gasteiger charge is -2.31. The molecule has 0 saturated heterocycles. The number of aryl methyl sites for hydroxylation is 2. The van der Waals surface area contributed by atoms with E-state index in [1.54, 1.807) is 11.9 Å². The van der Waals surface area contributed by atoms with Gasteiger partial charge in [-0.15, -0.1) is 24.0 Å². The van der Waals surface area contributed by atoms with Crippen molar-refractivity contribution in [1.82, 2.24) is 25.1 Å². The van der Waals surface area contributed by atoms with Gasteiger partial charge in [0.15, 0.2) is 5.96 Å². The Morgan fingerprint density at radius 3 is 2.63 bits per heavy atom. The maximum Gasteiger partial charge on any atom is 0.230 e. The summed E-state index contributed by atoms with van der Waals surface area (Å²) in [5.41, 5.74) is 0.749. The monoisotopic (exact) mass is 488 g/mol. The largest absolute Gasteiger partial charge is 0.355 e. The molecule has 1 aliphatic heterocycles. The van der Waals surface area contributed by atoms with Crippen LogP contribution in [0.3, 0.4) is 0 Å². The zero-order valence-electron chi connectivity index (χ0n) is 16.8. The highest BCUT2D eigenvalue weighted by atomic mass is 127. The van der Waals surface area contributed by atoms with Crippen molar-refractivity contribution in [3.05, 3.63) is 17.7 Å². The second-order valence-corrected chi connectivity index (χ2v) is 7.77. The molecular formula is C19H33IN6O. The minimum absolute atomic E-state index is 0. The third-order valence-electron chi connectivity index (χ3n) is 5.63. The van der Waals surface area contributed by atoms with Gasteiger partial charge in [-0.2, -0.15) is 0 Å². The second-order valence-electron chi connectivity index (χ2n) is 7.77. The number of hydrogen-bond donors (Lipinski definition) is 2. The highest BCUT2D eigenvalue weighted by molar-refractivity contribution is 14.0. The van der Waals surface area contributed by atoms with E-state index in [-0.39, 0.29) is 35.3 Å². The molecule has 2 N–H and O–H groups in total. The van der Waals surface area contributed by atoms with Gasteiger partial charge in [0.05, 0.1) is 17.7 Å². The number of nitrogens with zero attached hydrogens (tertiary/aromatic N) is 4. The number of fused-ring (bicyclic) bond motifs is 1. The first-order chi connectivity index (χ1) is 12.5. The molecule has 1 aliphatic carbocycles. The van der Waals surface area contributed by atoms with E-state index in [9.17, 15) is 4.79 Å². The average Bonchev–Trinajstić information content (AvgIpc) is 3.28. The molecule has 2 heterocycles. The fraction of sp³-hybridized carbons (Fsp3) is 0.737. The van der Waals surface area contributed by atoms with Gasteiger partial charge in [-0.3, -0.25) is 9.79 Å². The quantitative estimate of drug-likeness (QED) is 0.379. The van der Waals surface area contributed by atoms with Crippen LogP contribution in [0.5, 0.6) is 0 Å². The smallest absolute Gasteiger partial charge is 0.230 e. The van der Waals surface area contributed by atoms with Crippen LogP contribution >= 0.6 is 24.0 Å². The number of imidazole rings is 1. The minimum Gasteiger partial charge on any atom is -0.355 e. The van der Waals surface area contributed by atoms with Crippen LogP contribution in [0.4, 0.5) is 0 Å².